The van der Waals surface area contributed by atoms with Crippen molar-refractivity contribution in [3.63, 3.8) is 0 Å². The third-order valence-corrected chi connectivity index (χ3v) is 13.6. The normalized spacial score (nSPS) is 48.7. The van der Waals surface area contributed by atoms with Crippen LogP contribution in [0.15, 0.2) is 23.3 Å². The number of carbonyl (C=O) groups excluding carboxylic acids is 1. The van der Waals surface area contributed by atoms with Crippen LogP contribution in [0.3, 0.4) is 0 Å². The molecule has 0 aromatic heterocycles. The van der Waals surface area contributed by atoms with Gasteiger partial charge in [0, 0.05) is 16.7 Å². The minimum absolute atomic E-state index is 0.0219. The van der Waals surface area contributed by atoms with Gasteiger partial charge in [0.2, 0.25) is 0 Å². The van der Waals surface area contributed by atoms with Gasteiger partial charge in [-0.05, 0) is 87.4 Å². The second kappa shape index (κ2) is 12.4. The summed E-state index contributed by atoms with van der Waals surface area (Å²) in [6.07, 6.45) is 2.26. The molecule has 1 heterocycles. The molecule has 0 amide bonds. The first-order valence-corrected chi connectivity index (χ1v) is 17.1. The smallest absolute Gasteiger partial charge is 0.187 e. The third-order valence-electron chi connectivity index (χ3n) is 13.6. The molecule has 1 aliphatic heterocycles. The summed E-state index contributed by atoms with van der Waals surface area (Å²) < 4.78 is 12.0. The number of aldehydes is 1. The monoisotopic (exact) mass is 634 g/mol. The maximum absolute atomic E-state index is 13.3. The van der Waals surface area contributed by atoms with Gasteiger partial charge in [-0.15, -0.1) is 0 Å². The standard InChI is InChI=1S/C36H58O9/c1-19(2)14-21(44-32-30(43)29(42)28(41)26(17-37)45-32)15-20(3)22-10-11-35(7)31-25(39)16-24-23(8-9-27(40)33(24,4)5)36(31,18-38)13-12-34(22,35)6/h14,16,18,20-23,25-32,37,39-43H,8-13,15,17H2,1-7H3/t20-,21+,22-,23-,25+,26+,27+,28+,29-,30+,31+,32+,34-,35+,36-/m1/s1. The van der Waals surface area contributed by atoms with Crippen molar-refractivity contribution in [1.82, 2.24) is 0 Å². The third kappa shape index (κ3) is 5.41. The van der Waals surface area contributed by atoms with Gasteiger partial charge >= 0.3 is 0 Å². The predicted molar refractivity (Wildman–Crippen MR) is 169 cm³/mol. The highest BCUT2D eigenvalue weighted by molar-refractivity contribution is 5.65. The molecule has 0 aromatic carbocycles. The average Bonchev–Trinajstić information content (AvgIpc) is 3.25. The molecule has 6 N–H and O–H groups in total. The van der Waals surface area contributed by atoms with E-state index in [0.29, 0.717) is 25.2 Å². The van der Waals surface area contributed by atoms with Crippen molar-refractivity contribution < 1.29 is 44.9 Å². The zero-order valence-electron chi connectivity index (χ0n) is 28.2. The van der Waals surface area contributed by atoms with E-state index in [1.807, 2.05) is 39.8 Å². The summed E-state index contributed by atoms with van der Waals surface area (Å²) in [6.45, 7) is 14.4. The average molecular weight is 635 g/mol. The Morgan fingerprint density at radius 3 is 2.29 bits per heavy atom. The topological polar surface area (TPSA) is 157 Å². The van der Waals surface area contributed by atoms with Gasteiger partial charge in [0.15, 0.2) is 6.29 Å². The molecule has 0 bridgehead atoms. The molecule has 0 spiro atoms. The molecule has 5 aliphatic rings. The highest BCUT2D eigenvalue weighted by atomic mass is 16.7. The first-order valence-electron chi connectivity index (χ1n) is 17.1. The fourth-order valence-electron chi connectivity index (χ4n) is 11.0. The molecule has 0 aromatic rings. The van der Waals surface area contributed by atoms with Gasteiger partial charge in [-0.2, -0.15) is 0 Å². The Morgan fingerprint density at radius 2 is 1.67 bits per heavy atom. The van der Waals surface area contributed by atoms with Gasteiger partial charge < -0.3 is 44.9 Å². The minimum atomic E-state index is -1.50. The summed E-state index contributed by atoms with van der Waals surface area (Å²) in [5.41, 5.74) is 0.502. The lowest BCUT2D eigenvalue weighted by atomic mass is 9.38. The van der Waals surface area contributed by atoms with E-state index in [-0.39, 0.29) is 28.6 Å². The SMILES string of the molecule is CC(C)=C[C@@H](C[C@@H](C)[C@H]1CC[C@@]2(C)[C@@H]3[C@@H](O)C=C4[C@@H](CC[C@H](O)C4(C)C)[C@]3(C=O)CC[C@]12C)O[C@H]1O[C@@H](CO)[C@H](O)[C@@H](O)[C@@H]1O. The Morgan fingerprint density at radius 1 is 0.978 bits per heavy atom. The summed E-state index contributed by atoms with van der Waals surface area (Å²) >= 11 is 0. The van der Waals surface area contributed by atoms with Crippen LogP contribution in [0, 0.1) is 45.3 Å². The zero-order chi connectivity index (χ0) is 33.3. The number of allylic oxidation sites excluding steroid dienone is 1. The van der Waals surface area contributed by atoms with Crippen molar-refractivity contribution in [2.45, 2.75) is 142 Å². The number of carbonyl (C=O) groups is 1. The number of hydrogen-bond acceptors (Lipinski definition) is 9. The highest BCUT2D eigenvalue weighted by Crippen LogP contribution is 2.74. The largest absolute Gasteiger partial charge is 0.394 e. The molecule has 15 atom stereocenters. The summed E-state index contributed by atoms with van der Waals surface area (Å²) in [7, 11) is 0. The molecule has 0 unspecified atom stereocenters. The van der Waals surface area contributed by atoms with E-state index < -0.39 is 66.5 Å². The van der Waals surface area contributed by atoms with Crippen LogP contribution in [0.4, 0.5) is 0 Å². The molecule has 4 aliphatic carbocycles. The van der Waals surface area contributed by atoms with Gasteiger partial charge in [-0.25, -0.2) is 0 Å². The maximum Gasteiger partial charge on any atom is 0.187 e. The fraction of sp³-hybridized carbons (Fsp3) is 0.861. The van der Waals surface area contributed by atoms with Crippen molar-refractivity contribution in [2.24, 2.45) is 45.3 Å². The Hall–Kier alpha value is -1.17. The summed E-state index contributed by atoms with van der Waals surface area (Å²) in [5.74, 6) is 0.285. The van der Waals surface area contributed by atoms with Gasteiger partial charge in [-0.3, -0.25) is 0 Å². The maximum atomic E-state index is 13.3. The minimum Gasteiger partial charge on any atom is -0.394 e. The van der Waals surface area contributed by atoms with Crippen LogP contribution in [0.1, 0.15) is 93.4 Å². The molecule has 9 heteroatoms. The Bertz CT molecular complexity index is 1160. The van der Waals surface area contributed by atoms with E-state index in [9.17, 15) is 35.4 Å². The second-order valence-electron chi connectivity index (χ2n) is 16.5. The molecule has 9 nitrogen and oxygen atoms in total. The Labute approximate surface area is 268 Å². The quantitative estimate of drug-likeness (QED) is 0.174. The predicted octanol–water partition coefficient (Wildman–Crippen LogP) is 3.28. The molecular weight excluding hydrogens is 576 g/mol. The van der Waals surface area contributed by atoms with Crippen LogP contribution in [0.25, 0.3) is 0 Å². The van der Waals surface area contributed by atoms with Crippen LogP contribution >= 0.6 is 0 Å². The molecule has 1 saturated heterocycles. The van der Waals surface area contributed by atoms with Crippen LogP contribution < -0.4 is 0 Å². The van der Waals surface area contributed by atoms with Gasteiger partial charge in [0.1, 0.15) is 30.7 Å². The molecular formula is C36H58O9. The fourth-order valence-corrected chi connectivity index (χ4v) is 11.0. The highest BCUT2D eigenvalue weighted by Gasteiger charge is 2.70. The Balaban J connectivity index is 1.41. The van der Waals surface area contributed by atoms with Crippen LogP contribution in [0.2, 0.25) is 0 Å². The van der Waals surface area contributed by atoms with Crippen molar-refractivity contribution in [2.75, 3.05) is 6.61 Å². The summed E-state index contributed by atoms with van der Waals surface area (Å²) in [4.78, 5) is 13.3. The second-order valence-corrected chi connectivity index (χ2v) is 16.5. The molecule has 0 radical (unpaired) electrons. The lowest BCUT2D eigenvalue weighted by Crippen LogP contribution is -2.64. The lowest BCUT2D eigenvalue weighted by Gasteiger charge is -2.66. The first-order chi connectivity index (χ1) is 21.0. The van der Waals surface area contributed by atoms with Crippen LogP contribution in [-0.2, 0) is 14.3 Å². The molecule has 3 saturated carbocycles. The summed E-state index contributed by atoms with van der Waals surface area (Å²) in [6, 6.07) is 0. The number of ether oxygens (including phenoxy) is 2. The Kier molecular flexibility index (Phi) is 9.66. The van der Waals surface area contributed by atoms with E-state index >= 15 is 0 Å². The molecule has 45 heavy (non-hydrogen) atoms. The van der Waals surface area contributed by atoms with E-state index in [0.717, 1.165) is 36.8 Å². The number of aliphatic hydroxyl groups excluding tert-OH is 6. The molecule has 5 rings (SSSR count). The van der Waals surface area contributed by atoms with Crippen LogP contribution in [0.5, 0.6) is 0 Å². The van der Waals surface area contributed by atoms with Crippen LogP contribution in [-0.4, -0.2) is 92.5 Å². The zero-order valence-corrected chi connectivity index (χ0v) is 28.2. The van der Waals surface area contributed by atoms with Crippen molar-refractivity contribution in [3.8, 4) is 0 Å². The summed E-state index contributed by atoms with van der Waals surface area (Å²) in [5, 5.41) is 63.6. The number of hydrogen-bond donors (Lipinski definition) is 6. The lowest BCUT2D eigenvalue weighted by molar-refractivity contribution is -0.308. The number of rotatable bonds is 8. The van der Waals surface area contributed by atoms with Crippen molar-refractivity contribution in [1.29, 1.82) is 0 Å². The van der Waals surface area contributed by atoms with Gasteiger partial charge in [0.05, 0.1) is 24.9 Å². The van der Waals surface area contributed by atoms with E-state index in [1.54, 1.807) is 0 Å². The van der Waals surface area contributed by atoms with Crippen molar-refractivity contribution in [3.05, 3.63) is 23.3 Å². The van der Waals surface area contributed by atoms with Crippen molar-refractivity contribution >= 4 is 6.29 Å². The number of aliphatic hydroxyl groups is 6. The molecule has 256 valence electrons. The van der Waals surface area contributed by atoms with E-state index in [1.165, 1.54) is 6.29 Å². The van der Waals surface area contributed by atoms with Gasteiger partial charge in [0.25, 0.3) is 0 Å². The van der Waals surface area contributed by atoms with Gasteiger partial charge in [-0.1, -0.05) is 57.9 Å². The van der Waals surface area contributed by atoms with E-state index in [4.69, 9.17) is 9.47 Å². The van der Waals surface area contributed by atoms with E-state index in [2.05, 4.69) is 20.8 Å². The number of fused-ring (bicyclic) bond motifs is 5. The molecule has 4 fully saturated rings. The first kappa shape index (κ1) is 35.1.